The van der Waals surface area contributed by atoms with Crippen LogP contribution >= 0.6 is 0 Å². The lowest BCUT2D eigenvalue weighted by Crippen LogP contribution is -2.42. The Labute approximate surface area is 85.4 Å². The number of amides is 1. The molecule has 3 heteroatoms. The molecule has 0 radical (unpaired) electrons. The van der Waals surface area contributed by atoms with Gasteiger partial charge < -0.3 is 10.0 Å². The minimum atomic E-state index is -0.0348. The highest BCUT2D eigenvalue weighted by Gasteiger charge is 2.33. The average molecular weight is 197 g/mol. The molecule has 0 bridgehead atoms. The number of rotatable bonds is 4. The van der Waals surface area contributed by atoms with Crippen LogP contribution in [0.2, 0.25) is 0 Å². The molecule has 0 spiro atoms. The van der Waals surface area contributed by atoms with Crippen LogP contribution in [-0.4, -0.2) is 35.1 Å². The highest BCUT2D eigenvalue weighted by molar-refractivity contribution is 5.79. The molecular weight excluding hydrogens is 178 g/mol. The van der Waals surface area contributed by atoms with Crippen molar-refractivity contribution in [2.24, 2.45) is 11.8 Å². The zero-order valence-electron chi connectivity index (χ0n) is 8.94. The predicted octanol–water partition coefficient (Wildman–Crippen LogP) is 1.04. The highest BCUT2D eigenvalue weighted by Crippen LogP contribution is 2.23. The van der Waals surface area contributed by atoms with Crippen LogP contribution in [0.15, 0.2) is 12.7 Å². The standard InChI is InChI=1S/C11H19NO2/c1-4-9-5-11(14)12(6-9)10(7-13)8(2)3/h4,8-10,13H,1,5-7H2,2-3H3/t9?,10-/m1/s1. The summed E-state index contributed by atoms with van der Waals surface area (Å²) in [4.78, 5) is 13.4. The number of carbonyl (C=O) groups excluding carboxylic acids is 1. The Kier molecular flexibility index (Phi) is 3.69. The van der Waals surface area contributed by atoms with Gasteiger partial charge in [0.25, 0.3) is 0 Å². The molecule has 1 aliphatic rings. The normalized spacial score (nSPS) is 24.4. The van der Waals surface area contributed by atoms with Crippen LogP contribution in [0.3, 0.4) is 0 Å². The van der Waals surface area contributed by atoms with E-state index in [1.807, 2.05) is 19.9 Å². The summed E-state index contributed by atoms with van der Waals surface area (Å²) >= 11 is 0. The van der Waals surface area contributed by atoms with Gasteiger partial charge in [-0.1, -0.05) is 19.9 Å². The first-order valence-corrected chi connectivity index (χ1v) is 5.13. The third-order valence-electron chi connectivity index (χ3n) is 2.88. The zero-order valence-corrected chi connectivity index (χ0v) is 8.94. The van der Waals surface area contributed by atoms with Gasteiger partial charge in [0.15, 0.2) is 0 Å². The Bertz CT molecular complexity index is 225. The molecule has 1 rings (SSSR count). The van der Waals surface area contributed by atoms with Gasteiger partial charge in [-0.05, 0) is 5.92 Å². The summed E-state index contributed by atoms with van der Waals surface area (Å²) in [5.41, 5.74) is 0. The van der Waals surface area contributed by atoms with Crippen molar-refractivity contribution in [3.8, 4) is 0 Å². The lowest BCUT2D eigenvalue weighted by molar-refractivity contribution is -0.131. The monoisotopic (exact) mass is 197 g/mol. The van der Waals surface area contributed by atoms with E-state index in [4.69, 9.17) is 0 Å². The van der Waals surface area contributed by atoms with Crippen LogP contribution in [0, 0.1) is 11.8 Å². The number of hydrogen-bond donors (Lipinski definition) is 1. The van der Waals surface area contributed by atoms with E-state index in [9.17, 15) is 9.90 Å². The smallest absolute Gasteiger partial charge is 0.223 e. The zero-order chi connectivity index (χ0) is 10.7. The molecule has 1 aliphatic heterocycles. The Hall–Kier alpha value is -0.830. The van der Waals surface area contributed by atoms with Crippen LogP contribution in [0.1, 0.15) is 20.3 Å². The van der Waals surface area contributed by atoms with Crippen molar-refractivity contribution in [1.29, 1.82) is 0 Å². The van der Waals surface area contributed by atoms with E-state index in [2.05, 4.69) is 6.58 Å². The summed E-state index contributed by atoms with van der Waals surface area (Å²) < 4.78 is 0. The van der Waals surface area contributed by atoms with E-state index < -0.39 is 0 Å². The molecular formula is C11H19NO2. The van der Waals surface area contributed by atoms with Crippen molar-refractivity contribution < 1.29 is 9.90 Å². The first-order chi connectivity index (χ1) is 6.60. The molecule has 0 saturated carbocycles. The third-order valence-corrected chi connectivity index (χ3v) is 2.88. The maximum Gasteiger partial charge on any atom is 0.223 e. The first-order valence-electron chi connectivity index (χ1n) is 5.13. The molecule has 1 heterocycles. The van der Waals surface area contributed by atoms with Crippen molar-refractivity contribution in [2.75, 3.05) is 13.2 Å². The maximum absolute atomic E-state index is 11.6. The number of nitrogens with zero attached hydrogens (tertiary/aromatic N) is 1. The van der Waals surface area contributed by atoms with E-state index in [1.165, 1.54) is 0 Å². The summed E-state index contributed by atoms with van der Waals surface area (Å²) in [5, 5.41) is 9.21. The van der Waals surface area contributed by atoms with E-state index in [1.54, 1.807) is 4.90 Å². The van der Waals surface area contributed by atoms with Crippen molar-refractivity contribution in [2.45, 2.75) is 26.3 Å². The fraction of sp³-hybridized carbons (Fsp3) is 0.727. The summed E-state index contributed by atoms with van der Waals surface area (Å²) in [6.45, 7) is 8.51. The largest absolute Gasteiger partial charge is 0.394 e. The van der Waals surface area contributed by atoms with Gasteiger partial charge in [-0.3, -0.25) is 4.79 Å². The summed E-state index contributed by atoms with van der Waals surface area (Å²) in [5.74, 6) is 0.700. The number of aliphatic hydroxyl groups excluding tert-OH is 1. The average Bonchev–Trinajstić information content (AvgIpc) is 2.48. The van der Waals surface area contributed by atoms with E-state index in [0.29, 0.717) is 18.9 Å². The lowest BCUT2D eigenvalue weighted by Gasteiger charge is -2.29. The van der Waals surface area contributed by atoms with Crippen LogP contribution < -0.4 is 0 Å². The fourth-order valence-corrected chi connectivity index (χ4v) is 1.91. The van der Waals surface area contributed by atoms with Gasteiger partial charge in [0.05, 0.1) is 12.6 Å². The Morgan fingerprint density at radius 1 is 1.71 bits per heavy atom. The van der Waals surface area contributed by atoms with Crippen LogP contribution in [-0.2, 0) is 4.79 Å². The minimum Gasteiger partial charge on any atom is -0.394 e. The predicted molar refractivity (Wildman–Crippen MR) is 55.7 cm³/mol. The van der Waals surface area contributed by atoms with Crippen molar-refractivity contribution >= 4 is 5.91 Å². The molecule has 3 nitrogen and oxygen atoms in total. The second-order valence-corrected chi connectivity index (χ2v) is 4.24. The third kappa shape index (κ3) is 2.15. The summed E-state index contributed by atoms with van der Waals surface area (Å²) in [7, 11) is 0. The summed E-state index contributed by atoms with van der Waals surface area (Å²) in [6.07, 6.45) is 2.37. The SMILES string of the molecule is C=CC1CC(=O)N([C@H](CO)C(C)C)C1. The quantitative estimate of drug-likeness (QED) is 0.684. The van der Waals surface area contributed by atoms with E-state index in [0.717, 1.165) is 0 Å². The van der Waals surface area contributed by atoms with Crippen LogP contribution in [0.5, 0.6) is 0 Å². The second-order valence-electron chi connectivity index (χ2n) is 4.24. The van der Waals surface area contributed by atoms with Gasteiger partial charge >= 0.3 is 0 Å². The Morgan fingerprint density at radius 2 is 2.36 bits per heavy atom. The molecule has 0 aromatic carbocycles. The van der Waals surface area contributed by atoms with E-state index in [-0.39, 0.29) is 24.5 Å². The number of aliphatic hydroxyl groups is 1. The second kappa shape index (κ2) is 4.60. The van der Waals surface area contributed by atoms with Gasteiger partial charge in [-0.15, -0.1) is 6.58 Å². The van der Waals surface area contributed by atoms with Crippen molar-refractivity contribution in [3.63, 3.8) is 0 Å². The van der Waals surface area contributed by atoms with Crippen LogP contribution in [0.4, 0.5) is 0 Å². The number of hydrogen-bond acceptors (Lipinski definition) is 2. The first kappa shape index (κ1) is 11.2. The van der Waals surface area contributed by atoms with Gasteiger partial charge in [0.1, 0.15) is 0 Å². The topological polar surface area (TPSA) is 40.5 Å². The summed E-state index contributed by atoms with van der Waals surface area (Å²) in [6, 6.07) is -0.0348. The van der Waals surface area contributed by atoms with Gasteiger partial charge in [-0.25, -0.2) is 0 Å². The van der Waals surface area contributed by atoms with Crippen molar-refractivity contribution in [3.05, 3.63) is 12.7 Å². The lowest BCUT2D eigenvalue weighted by atomic mass is 10.0. The highest BCUT2D eigenvalue weighted by atomic mass is 16.3. The molecule has 2 atom stereocenters. The Balaban J connectivity index is 2.67. The molecule has 1 fully saturated rings. The molecule has 1 saturated heterocycles. The molecule has 0 aromatic heterocycles. The molecule has 0 aromatic rings. The maximum atomic E-state index is 11.6. The fourth-order valence-electron chi connectivity index (χ4n) is 1.91. The van der Waals surface area contributed by atoms with Gasteiger partial charge in [0, 0.05) is 18.9 Å². The Morgan fingerprint density at radius 3 is 2.71 bits per heavy atom. The molecule has 1 amide bonds. The van der Waals surface area contributed by atoms with Crippen LogP contribution in [0.25, 0.3) is 0 Å². The van der Waals surface area contributed by atoms with Crippen molar-refractivity contribution in [1.82, 2.24) is 4.90 Å². The molecule has 14 heavy (non-hydrogen) atoms. The van der Waals surface area contributed by atoms with Gasteiger partial charge in [0.2, 0.25) is 5.91 Å². The molecule has 1 unspecified atom stereocenters. The number of likely N-dealkylation sites (tertiary alicyclic amines) is 1. The molecule has 0 aliphatic carbocycles. The molecule has 1 N–H and O–H groups in total. The van der Waals surface area contributed by atoms with Gasteiger partial charge in [-0.2, -0.15) is 0 Å². The molecule has 80 valence electrons. The number of carbonyl (C=O) groups is 1. The van der Waals surface area contributed by atoms with E-state index >= 15 is 0 Å². The minimum absolute atomic E-state index is 0.0348.